The molecule has 0 aromatic heterocycles. The molecule has 50 heavy (non-hydrogen) atoms. The zero-order valence-electron chi connectivity index (χ0n) is 30.2. The van der Waals surface area contributed by atoms with Gasteiger partial charge < -0.3 is 0 Å². The number of hydrogen-bond donors (Lipinski definition) is 0. The molecule has 1 heteroatoms. The molecule has 2 atom stereocenters. The van der Waals surface area contributed by atoms with Crippen molar-refractivity contribution in [2.75, 3.05) is 0 Å². The van der Waals surface area contributed by atoms with Crippen LogP contribution in [0.4, 0.5) is 0 Å². The molecule has 2 aliphatic carbocycles. The van der Waals surface area contributed by atoms with E-state index in [0.29, 0.717) is 7.35 Å². The van der Waals surface area contributed by atoms with Crippen LogP contribution in [0.2, 0.25) is 9.36 Å². The molecule has 0 nitrogen and oxygen atoms in total. The fourth-order valence-corrected chi connectivity index (χ4v) is 34.5. The summed E-state index contributed by atoms with van der Waals surface area (Å²) < 4.78 is 7.77. The Hall–Kier alpha value is -4.46. The van der Waals surface area contributed by atoms with Gasteiger partial charge in [0.25, 0.3) is 0 Å². The monoisotopic (exact) mass is 814 g/mol. The molecule has 0 saturated heterocycles. The Kier molecular flexibility index (Phi) is 8.11. The van der Waals surface area contributed by atoms with E-state index in [0.717, 1.165) is 0 Å². The van der Waals surface area contributed by atoms with Crippen molar-refractivity contribution in [3.63, 3.8) is 0 Å². The predicted octanol–water partition coefficient (Wildman–Crippen LogP) is 13.1. The van der Waals surface area contributed by atoms with Gasteiger partial charge in [-0.1, -0.05) is 0 Å². The van der Waals surface area contributed by atoms with Crippen LogP contribution in [0.5, 0.6) is 0 Å². The summed E-state index contributed by atoms with van der Waals surface area (Å²) in [4.78, 5) is 0. The number of allylic oxidation sites excluding steroid dienone is 2. The van der Waals surface area contributed by atoms with Crippen molar-refractivity contribution in [3.05, 3.63) is 201 Å². The van der Waals surface area contributed by atoms with Crippen molar-refractivity contribution in [2.24, 2.45) is 0 Å². The normalized spacial score (nSPS) is 16.4. The molecule has 0 spiro atoms. The number of aryl methyl sites for hydroxylation is 4. The Balaban J connectivity index is 1.47. The molecule has 2 aliphatic rings. The first-order valence-corrected chi connectivity index (χ1v) is 31.2. The fourth-order valence-electron chi connectivity index (χ4n) is 9.46. The van der Waals surface area contributed by atoms with Crippen LogP contribution >= 0.6 is 0 Å². The SMILES string of the molecule is Cc1ccc([C](c2ccc(C)cc2)=[Hf]([CH3])([CH3])([CH]2C=Cc3c(-c4ccccc4C)cccc32)[CH]2C=Cc3c(-c4ccccc4C)cccc32)cc1. The molecule has 0 N–H and O–H groups in total. The van der Waals surface area contributed by atoms with E-state index in [-0.39, 0.29) is 0 Å². The van der Waals surface area contributed by atoms with E-state index < -0.39 is 18.0 Å². The van der Waals surface area contributed by atoms with Gasteiger partial charge in [0.1, 0.15) is 0 Å². The topological polar surface area (TPSA) is 0 Å². The van der Waals surface area contributed by atoms with Crippen LogP contribution in [-0.2, 0) is 18.0 Å². The second-order valence-electron chi connectivity index (χ2n) is 15.6. The molecule has 246 valence electrons. The van der Waals surface area contributed by atoms with Gasteiger partial charge in [-0.15, -0.1) is 0 Å². The third-order valence-corrected chi connectivity index (χ3v) is 37.2. The summed E-state index contributed by atoms with van der Waals surface area (Å²) in [6, 6.07) is 50.7. The summed E-state index contributed by atoms with van der Waals surface area (Å²) in [5.74, 6) is 0. The van der Waals surface area contributed by atoms with Gasteiger partial charge >= 0.3 is 301 Å². The molecule has 0 radical (unpaired) electrons. The van der Waals surface area contributed by atoms with Crippen molar-refractivity contribution in [1.82, 2.24) is 0 Å². The van der Waals surface area contributed by atoms with Crippen LogP contribution in [-0.4, -0.2) is 3.26 Å². The van der Waals surface area contributed by atoms with Crippen LogP contribution in [0.1, 0.15) is 63.0 Å². The van der Waals surface area contributed by atoms with Gasteiger partial charge in [-0.2, -0.15) is 0 Å². The minimum atomic E-state index is -4.62. The average molecular weight is 813 g/mol. The third-order valence-electron chi connectivity index (χ3n) is 12.1. The van der Waals surface area contributed by atoms with Crippen molar-refractivity contribution < 1.29 is 18.0 Å². The van der Waals surface area contributed by atoms with Crippen molar-refractivity contribution >= 4 is 15.4 Å². The molecular weight excluding hydrogens is 767 g/mol. The molecule has 2 unspecified atom stereocenters. The first-order chi connectivity index (χ1) is 24.1. The maximum absolute atomic E-state index is 4.62. The summed E-state index contributed by atoms with van der Waals surface area (Å²) in [6.45, 7) is 8.88. The number of benzene rings is 6. The standard InChI is InChI=1S/2C16H13.C15H14.2CH3.Hf/c2*1-12-6-2-3-9-14(12)16-11-5-8-13-7-4-10-15(13)16;1-12-3-7-14(8-4-12)11-15-9-5-13(2)6-10-15;;;/h2*2-11H,1H3;3-10H,1-2H3;2*1H3;. The van der Waals surface area contributed by atoms with Gasteiger partial charge in [0.05, 0.1) is 0 Å². The summed E-state index contributed by atoms with van der Waals surface area (Å²) in [5, 5.41) is 0. The first-order valence-electron chi connectivity index (χ1n) is 18.1. The molecule has 0 fully saturated rings. The van der Waals surface area contributed by atoms with Crippen molar-refractivity contribution in [2.45, 2.75) is 44.4 Å². The molecule has 6 aromatic carbocycles. The Morgan fingerprint density at radius 1 is 0.420 bits per heavy atom. The van der Waals surface area contributed by atoms with Crippen LogP contribution in [0.25, 0.3) is 34.4 Å². The molecule has 8 rings (SSSR count). The van der Waals surface area contributed by atoms with E-state index in [9.17, 15) is 0 Å². The van der Waals surface area contributed by atoms with E-state index in [1.807, 2.05) is 0 Å². The van der Waals surface area contributed by atoms with Gasteiger partial charge in [0, 0.05) is 0 Å². The molecule has 0 saturated carbocycles. The van der Waals surface area contributed by atoms with E-state index in [4.69, 9.17) is 0 Å². The molecule has 0 heterocycles. The zero-order valence-corrected chi connectivity index (χ0v) is 33.8. The first kappa shape index (κ1) is 32.7. The summed E-state index contributed by atoms with van der Waals surface area (Å²) >= 11 is -4.62. The number of rotatable bonds is 6. The third kappa shape index (κ3) is 5.16. The number of hydrogen-bond acceptors (Lipinski definition) is 0. The molecule has 0 amide bonds. The van der Waals surface area contributed by atoms with Gasteiger partial charge in [0.2, 0.25) is 0 Å². The quantitative estimate of drug-likeness (QED) is 0.147. The molecule has 0 aliphatic heterocycles. The van der Waals surface area contributed by atoms with Crippen LogP contribution in [0.15, 0.2) is 146 Å². The van der Waals surface area contributed by atoms with Crippen LogP contribution in [0.3, 0.4) is 0 Å². The number of fused-ring (bicyclic) bond motifs is 2. The van der Waals surface area contributed by atoms with E-state index in [1.54, 1.807) is 3.26 Å². The van der Waals surface area contributed by atoms with Crippen LogP contribution < -0.4 is 0 Å². The summed E-state index contributed by atoms with van der Waals surface area (Å²) in [6.07, 6.45) is 10.2. The Labute approximate surface area is 299 Å². The van der Waals surface area contributed by atoms with Gasteiger partial charge in [0.15, 0.2) is 0 Å². The molecule has 6 aromatic rings. The Morgan fingerprint density at radius 3 is 1.20 bits per heavy atom. The van der Waals surface area contributed by atoms with E-state index in [2.05, 4.69) is 195 Å². The van der Waals surface area contributed by atoms with E-state index >= 15 is 0 Å². The van der Waals surface area contributed by atoms with Gasteiger partial charge in [-0.3, -0.25) is 0 Å². The van der Waals surface area contributed by atoms with Crippen molar-refractivity contribution in [1.29, 1.82) is 0 Å². The summed E-state index contributed by atoms with van der Waals surface area (Å²) in [7, 11) is 0. The fraction of sp³-hybridized carbons (Fsp3) is 0.163. The Morgan fingerprint density at radius 2 is 0.800 bits per heavy atom. The van der Waals surface area contributed by atoms with Gasteiger partial charge in [-0.25, -0.2) is 0 Å². The molecular formula is C49H46Hf. The predicted molar refractivity (Wildman–Crippen MR) is 214 cm³/mol. The molecule has 0 bridgehead atoms. The average Bonchev–Trinajstić information content (AvgIpc) is 3.77. The second kappa shape index (κ2) is 12.4. The van der Waals surface area contributed by atoms with Crippen molar-refractivity contribution in [3.8, 4) is 22.3 Å². The Bertz CT molecular complexity index is 2240. The van der Waals surface area contributed by atoms with E-state index in [1.165, 1.54) is 77.9 Å². The zero-order chi connectivity index (χ0) is 34.6. The maximum atomic E-state index is 2.78. The van der Waals surface area contributed by atoms with Gasteiger partial charge in [-0.05, 0) is 0 Å². The summed E-state index contributed by atoms with van der Waals surface area (Å²) in [5.41, 5.74) is 19.1. The minimum absolute atomic E-state index is 0.311. The van der Waals surface area contributed by atoms with Crippen LogP contribution in [0, 0.1) is 27.7 Å². The second-order valence-corrected chi connectivity index (χ2v) is 40.7.